The first-order valence-corrected chi connectivity index (χ1v) is 7.51. The van der Waals surface area contributed by atoms with Gasteiger partial charge in [0.15, 0.2) is 23.3 Å². The van der Waals surface area contributed by atoms with Gasteiger partial charge in [-0.25, -0.2) is 4.39 Å². The summed E-state index contributed by atoms with van der Waals surface area (Å²) in [4.78, 5) is 14.2. The fourth-order valence-corrected chi connectivity index (χ4v) is 2.71. The van der Waals surface area contributed by atoms with Crippen LogP contribution in [0.3, 0.4) is 0 Å². The van der Waals surface area contributed by atoms with E-state index in [9.17, 15) is 9.18 Å². The van der Waals surface area contributed by atoms with E-state index < -0.39 is 11.9 Å². The van der Waals surface area contributed by atoms with Crippen molar-refractivity contribution < 1.29 is 22.8 Å². The van der Waals surface area contributed by atoms with E-state index in [1.807, 2.05) is 0 Å². The number of aromatic nitrogens is 2. The highest BCUT2D eigenvalue weighted by atomic mass is 19.1. The summed E-state index contributed by atoms with van der Waals surface area (Å²) in [5.74, 6) is 0.0470. The van der Waals surface area contributed by atoms with Crippen LogP contribution in [-0.2, 0) is 4.74 Å². The van der Waals surface area contributed by atoms with Crippen LogP contribution in [-0.4, -0.2) is 40.7 Å². The number of furan rings is 1. The summed E-state index contributed by atoms with van der Waals surface area (Å²) in [5.41, 5.74) is 0.0817. The monoisotopic (exact) mass is 331 g/mol. The highest BCUT2D eigenvalue weighted by Gasteiger charge is 2.31. The number of benzene rings is 1. The predicted molar refractivity (Wildman–Crippen MR) is 79.8 cm³/mol. The van der Waals surface area contributed by atoms with Crippen molar-refractivity contribution >= 4 is 16.9 Å². The van der Waals surface area contributed by atoms with Crippen molar-refractivity contribution in [1.29, 1.82) is 0 Å². The third-order valence-electron chi connectivity index (χ3n) is 3.88. The smallest absolute Gasteiger partial charge is 0.289 e. The number of aryl methyl sites for hydroxylation is 1. The molecule has 3 aromatic rings. The molecule has 1 unspecified atom stereocenters. The molecule has 1 aromatic carbocycles. The first-order valence-electron chi connectivity index (χ1n) is 7.51. The molecule has 0 spiro atoms. The Hall–Kier alpha value is -2.74. The number of carbonyl (C=O) groups is 1. The van der Waals surface area contributed by atoms with E-state index in [4.69, 9.17) is 13.6 Å². The number of nitrogens with zero attached hydrogens (tertiary/aromatic N) is 3. The van der Waals surface area contributed by atoms with Gasteiger partial charge in [-0.2, -0.15) is 0 Å². The quantitative estimate of drug-likeness (QED) is 0.717. The van der Waals surface area contributed by atoms with Crippen molar-refractivity contribution in [2.75, 3.05) is 19.7 Å². The van der Waals surface area contributed by atoms with Crippen LogP contribution in [0.4, 0.5) is 4.39 Å². The van der Waals surface area contributed by atoms with Crippen molar-refractivity contribution in [1.82, 2.24) is 15.1 Å². The highest BCUT2D eigenvalue weighted by Crippen LogP contribution is 2.26. The molecule has 1 aliphatic rings. The third kappa shape index (κ3) is 2.54. The average molecular weight is 331 g/mol. The molecule has 0 N–H and O–H groups in total. The number of hydrogen-bond donors (Lipinski definition) is 0. The summed E-state index contributed by atoms with van der Waals surface area (Å²) in [7, 11) is 0. The molecule has 1 fully saturated rings. The molecule has 1 amide bonds. The van der Waals surface area contributed by atoms with Crippen LogP contribution >= 0.6 is 0 Å². The summed E-state index contributed by atoms with van der Waals surface area (Å²) in [6.45, 7) is 2.69. The van der Waals surface area contributed by atoms with E-state index in [1.54, 1.807) is 30.0 Å². The highest BCUT2D eigenvalue weighted by molar-refractivity contribution is 5.96. The Balaban J connectivity index is 1.57. The molecule has 8 heteroatoms. The van der Waals surface area contributed by atoms with Gasteiger partial charge in [0.2, 0.25) is 11.8 Å². The van der Waals surface area contributed by atoms with Crippen molar-refractivity contribution in [3.63, 3.8) is 0 Å². The van der Waals surface area contributed by atoms with Gasteiger partial charge in [0.25, 0.3) is 5.91 Å². The number of amides is 1. The third-order valence-corrected chi connectivity index (χ3v) is 3.88. The average Bonchev–Trinajstić information content (AvgIpc) is 3.21. The molecule has 4 rings (SSSR count). The van der Waals surface area contributed by atoms with E-state index in [0.29, 0.717) is 30.3 Å². The number of rotatable bonds is 2. The molecule has 24 heavy (non-hydrogen) atoms. The Morgan fingerprint density at radius 1 is 1.33 bits per heavy atom. The molecule has 1 aliphatic heterocycles. The zero-order valence-corrected chi connectivity index (χ0v) is 12.9. The second kappa shape index (κ2) is 5.72. The van der Waals surface area contributed by atoms with Gasteiger partial charge in [-0.1, -0.05) is 12.1 Å². The van der Waals surface area contributed by atoms with Crippen LogP contribution in [0, 0.1) is 12.7 Å². The van der Waals surface area contributed by atoms with E-state index in [1.165, 1.54) is 6.07 Å². The molecule has 3 heterocycles. The lowest BCUT2D eigenvalue weighted by Gasteiger charge is -2.30. The van der Waals surface area contributed by atoms with Crippen LogP contribution in [0.2, 0.25) is 0 Å². The van der Waals surface area contributed by atoms with Crippen molar-refractivity contribution in [2.24, 2.45) is 0 Å². The zero-order valence-electron chi connectivity index (χ0n) is 12.9. The van der Waals surface area contributed by atoms with Gasteiger partial charge < -0.3 is 18.5 Å². The summed E-state index contributed by atoms with van der Waals surface area (Å²) < 4.78 is 30.1. The molecule has 0 radical (unpaired) electrons. The number of morpholine rings is 1. The van der Waals surface area contributed by atoms with E-state index in [-0.39, 0.29) is 23.8 Å². The lowest BCUT2D eigenvalue weighted by Crippen LogP contribution is -2.42. The van der Waals surface area contributed by atoms with Gasteiger partial charge in [0, 0.05) is 18.9 Å². The number of carbonyl (C=O) groups excluding carboxylic acids is 1. The Kier molecular flexibility index (Phi) is 3.53. The molecule has 0 saturated carbocycles. The largest absolute Gasteiger partial charge is 0.448 e. The maximum absolute atomic E-state index is 13.7. The van der Waals surface area contributed by atoms with Gasteiger partial charge in [0.05, 0.1) is 13.2 Å². The molecular formula is C16H14FN3O4. The molecule has 2 aromatic heterocycles. The maximum atomic E-state index is 13.7. The minimum absolute atomic E-state index is 0.0817. The second-order valence-corrected chi connectivity index (χ2v) is 5.54. The number of hydrogen-bond acceptors (Lipinski definition) is 6. The Bertz CT molecular complexity index is 904. The fraction of sp³-hybridized carbons (Fsp3) is 0.312. The van der Waals surface area contributed by atoms with Gasteiger partial charge in [0.1, 0.15) is 0 Å². The molecule has 0 aliphatic carbocycles. The van der Waals surface area contributed by atoms with Crippen LogP contribution in [0.15, 0.2) is 33.1 Å². The number of fused-ring (bicyclic) bond motifs is 1. The van der Waals surface area contributed by atoms with Crippen molar-refractivity contribution in [3.05, 3.63) is 47.6 Å². The lowest BCUT2D eigenvalue weighted by atomic mass is 10.2. The number of para-hydroxylation sites is 1. The number of halogens is 1. The normalized spacial score (nSPS) is 18.2. The van der Waals surface area contributed by atoms with Gasteiger partial charge in [-0.05, 0) is 12.1 Å². The van der Waals surface area contributed by atoms with Crippen LogP contribution in [0.1, 0.15) is 28.4 Å². The first-order chi connectivity index (χ1) is 11.6. The van der Waals surface area contributed by atoms with Crippen molar-refractivity contribution in [2.45, 2.75) is 13.0 Å². The summed E-state index contributed by atoms with van der Waals surface area (Å²) in [5, 5.41) is 8.25. The summed E-state index contributed by atoms with van der Waals surface area (Å²) in [6, 6.07) is 6.11. The van der Waals surface area contributed by atoms with E-state index >= 15 is 0 Å². The van der Waals surface area contributed by atoms with Crippen LogP contribution < -0.4 is 0 Å². The van der Waals surface area contributed by atoms with Gasteiger partial charge in [-0.3, -0.25) is 4.79 Å². The standard InChI is InChI=1S/C16H14FN3O4/c1-9-18-19-15(23-9)13-8-20(5-6-22-13)16(21)12-7-10-3-2-4-11(17)14(10)24-12/h2-4,7,13H,5-6,8H2,1H3. The second-order valence-electron chi connectivity index (χ2n) is 5.54. The number of ether oxygens (including phenoxy) is 1. The Morgan fingerprint density at radius 3 is 2.96 bits per heavy atom. The Labute approximate surface area is 136 Å². The van der Waals surface area contributed by atoms with E-state index in [2.05, 4.69) is 10.2 Å². The minimum atomic E-state index is -0.493. The maximum Gasteiger partial charge on any atom is 0.289 e. The Morgan fingerprint density at radius 2 is 2.21 bits per heavy atom. The fourth-order valence-electron chi connectivity index (χ4n) is 2.71. The predicted octanol–water partition coefficient (Wildman–Crippen LogP) is 2.48. The first kappa shape index (κ1) is 14.8. The minimum Gasteiger partial charge on any atom is -0.448 e. The summed E-state index contributed by atoms with van der Waals surface area (Å²) in [6.07, 6.45) is -0.481. The summed E-state index contributed by atoms with van der Waals surface area (Å²) >= 11 is 0. The van der Waals surface area contributed by atoms with Crippen molar-refractivity contribution in [3.8, 4) is 0 Å². The van der Waals surface area contributed by atoms with E-state index in [0.717, 1.165) is 0 Å². The van der Waals surface area contributed by atoms with Crippen LogP contribution in [0.5, 0.6) is 0 Å². The molecule has 1 atom stereocenters. The zero-order chi connectivity index (χ0) is 16.7. The SMILES string of the molecule is Cc1nnc(C2CN(C(=O)c3cc4cccc(F)c4o3)CCO2)o1. The molecule has 0 bridgehead atoms. The van der Waals surface area contributed by atoms with Crippen LogP contribution in [0.25, 0.3) is 11.0 Å². The molecular weight excluding hydrogens is 317 g/mol. The van der Waals surface area contributed by atoms with Gasteiger partial charge in [-0.15, -0.1) is 10.2 Å². The topological polar surface area (TPSA) is 81.6 Å². The lowest BCUT2D eigenvalue weighted by molar-refractivity contribution is -0.0356. The molecule has 1 saturated heterocycles. The van der Waals surface area contributed by atoms with Gasteiger partial charge >= 0.3 is 0 Å². The molecule has 124 valence electrons. The molecule has 7 nitrogen and oxygen atoms in total.